The van der Waals surface area contributed by atoms with E-state index in [-0.39, 0.29) is 5.91 Å². The number of hydrogen-bond acceptors (Lipinski definition) is 5. The average molecular weight is 465 g/mol. The zero-order valence-electron chi connectivity index (χ0n) is 19.7. The number of fused-ring (bicyclic) bond motifs is 2. The van der Waals surface area contributed by atoms with Crippen LogP contribution in [0.25, 0.3) is 38.6 Å². The molecule has 0 fully saturated rings. The summed E-state index contributed by atoms with van der Waals surface area (Å²) in [5.74, 6) is 1.17. The lowest BCUT2D eigenvalue weighted by Gasteiger charge is -2.11. The van der Waals surface area contributed by atoms with Gasteiger partial charge in [0, 0.05) is 45.9 Å². The number of carbonyl (C=O) groups is 1. The SMILES string of the molecule is COc1cccc(-c2coc3cc(OC)c(/C(C)=C/C(=O)Nc4ccc5ncccc5c4)cc23)c1. The molecule has 5 rings (SSSR count). The molecule has 0 aliphatic rings. The summed E-state index contributed by atoms with van der Waals surface area (Å²) in [7, 11) is 3.25. The Balaban J connectivity index is 1.48. The normalized spacial score (nSPS) is 11.6. The minimum Gasteiger partial charge on any atom is -0.497 e. The van der Waals surface area contributed by atoms with E-state index in [2.05, 4.69) is 10.3 Å². The molecule has 0 atom stereocenters. The second kappa shape index (κ2) is 9.35. The summed E-state index contributed by atoms with van der Waals surface area (Å²) in [5, 5.41) is 4.82. The maximum absolute atomic E-state index is 12.8. The number of amides is 1. The minimum absolute atomic E-state index is 0.229. The number of anilines is 1. The van der Waals surface area contributed by atoms with E-state index in [0.717, 1.165) is 44.3 Å². The van der Waals surface area contributed by atoms with Crippen molar-refractivity contribution in [2.45, 2.75) is 6.92 Å². The van der Waals surface area contributed by atoms with E-state index < -0.39 is 0 Å². The van der Waals surface area contributed by atoms with Crippen molar-refractivity contribution in [3.8, 4) is 22.6 Å². The van der Waals surface area contributed by atoms with Crippen molar-refractivity contribution < 1.29 is 18.7 Å². The number of furan rings is 1. The molecule has 0 aliphatic heterocycles. The van der Waals surface area contributed by atoms with Crippen LogP contribution < -0.4 is 14.8 Å². The van der Waals surface area contributed by atoms with Crippen LogP contribution in [0.1, 0.15) is 12.5 Å². The number of methoxy groups -OCH3 is 2. The molecule has 174 valence electrons. The van der Waals surface area contributed by atoms with Gasteiger partial charge >= 0.3 is 0 Å². The third kappa shape index (κ3) is 4.46. The number of benzene rings is 3. The van der Waals surface area contributed by atoms with Crippen molar-refractivity contribution >= 4 is 39.0 Å². The Morgan fingerprint density at radius 2 is 1.89 bits per heavy atom. The molecule has 6 heteroatoms. The molecule has 2 aromatic heterocycles. The van der Waals surface area contributed by atoms with Crippen molar-refractivity contribution in [1.29, 1.82) is 0 Å². The lowest BCUT2D eigenvalue weighted by molar-refractivity contribution is -0.111. The summed E-state index contributed by atoms with van der Waals surface area (Å²) >= 11 is 0. The van der Waals surface area contributed by atoms with E-state index in [0.29, 0.717) is 17.0 Å². The van der Waals surface area contributed by atoms with Gasteiger partial charge in [-0.15, -0.1) is 0 Å². The van der Waals surface area contributed by atoms with Crippen LogP contribution >= 0.6 is 0 Å². The van der Waals surface area contributed by atoms with Gasteiger partial charge < -0.3 is 19.2 Å². The molecule has 0 saturated carbocycles. The van der Waals surface area contributed by atoms with E-state index in [1.807, 2.05) is 73.7 Å². The topological polar surface area (TPSA) is 73.6 Å². The molecule has 6 nitrogen and oxygen atoms in total. The summed E-state index contributed by atoms with van der Waals surface area (Å²) in [6.07, 6.45) is 5.04. The van der Waals surface area contributed by atoms with Gasteiger partial charge in [0.05, 0.1) is 26.0 Å². The molecule has 0 spiro atoms. The average Bonchev–Trinajstić information content (AvgIpc) is 3.30. The van der Waals surface area contributed by atoms with E-state index in [1.54, 1.807) is 32.8 Å². The Morgan fingerprint density at radius 1 is 1.00 bits per heavy atom. The van der Waals surface area contributed by atoms with Crippen LogP contribution in [-0.4, -0.2) is 25.1 Å². The van der Waals surface area contributed by atoms with Gasteiger partial charge in [0.25, 0.3) is 0 Å². The Hall–Kier alpha value is -4.58. The fourth-order valence-electron chi connectivity index (χ4n) is 4.15. The first-order valence-corrected chi connectivity index (χ1v) is 11.1. The summed E-state index contributed by atoms with van der Waals surface area (Å²) in [6, 6.07) is 21.1. The molecule has 0 radical (unpaired) electrons. The van der Waals surface area contributed by atoms with E-state index in [1.165, 1.54) is 0 Å². The number of nitrogens with one attached hydrogen (secondary N) is 1. The molecule has 1 amide bonds. The van der Waals surface area contributed by atoms with E-state index in [9.17, 15) is 4.79 Å². The van der Waals surface area contributed by atoms with Crippen LogP contribution in [0.4, 0.5) is 5.69 Å². The minimum atomic E-state index is -0.229. The van der Waals surface area contributed by atoms with Crippen molar-refractivity contribution in [3.63, 3.8) is 0 Å². The van der Waals surface area contributed by atoms with Gasteiger partial charge in [0.15, 0.2) is 0 Å². The third-order valence-electron chi connectivity index (χ3n) is 5.92. The fourth-order valence-corrected chi connectivity index (χ4v) is 4.15. The van der Waals surface area contributed by atoms with Crippen LogP contribution in [0.15, 0.2) is 89.7 Å². The lowest BCUT2D eigenvalue weighted by Crippen LogP contribution is -2.08. The maximum Gasteiger partial charge on any atom is 0.248 e. The summed E-state index contributed by atoms with van der Waals surface area (Å²) in [5.41, 5.74) is 5.77. The molecule has 2 heterocycles. The smallest absolute Gasteiger partial charge is 0.248 e. The monoisotopic (exact) mass is 464 g/mol. The maximum atomic E-state index is 12.8. The lowest BCUT2D eigenvalue weighted by atomic mass is 9.99. The molecule has 5 aromatic rings. The number of pyridine rings is 1. The fraction of sp³-hybridized carbons (Fsp3) is 0.103. The second-order valence-corrected chi connectivity index (χ2v) is 8.16. The quantitative estimate of drug-likeness (QED) is 0.283. The Morgan fingerprint density at radius 3 is 2.71 bits per heavy atom. The largest absolute Gasteiger partial charge is 0.497 e. The molecular weight excluding hydrogens is 440 g/mol. The zero-order chi connectivity index (χ0) is 24.4. The first-order valence-electron chi connectivity index (χ1n) is 11.1. The number of carbonyl (C=O) groups excluding carboxylic acids is 1. The van der Waals surface area contributed by atoms with Gasteiger partial charge in [-0.1, -0.05) is 18.2 Å². The Bertz CT molecular complexity index is 1580. The Labute approximate surface area is 202 Å². The number of nitrogens with zero attached hydrogens (tertiary/aromatic N) is 1. The predicted molar refractivity (Wildman–Crippen MR) is 139 cm³/mol. The summed E-state index contributed by atoms with van der Waals surface area (Å²) in [6.45, 7) is 1.89. The first-order chi connectivity index (χ1) is 17.1. The van der Waals surface area contributed by atoms with Gasteiger partial charge in [-0.2, -0.15) is 0 Å². The molecule has 0 unspecified atom stereocenters. The van der Waals surface area contributed by atoms with Crippen molar-refractivity contribution in [1.82, 2.24) is 4.98 Å². The number of ether oxygens (including phenoxy) is 2. The highest BCUT2D eigenvalue weighted by atomic mass is 16.5. The number of allylic oxidation sites excluding steroid dienone is 1. The highest BCUT2D eigenvalue weighted by Gasteiger charge is 2.15. The second-order valence-electron chi connectivity index (χ2n) is 8.16. The number of hydrogen-bond donors (Lipinski definition) is 1. The molecular formula is C29H24N2O4. The van der Waals surface area contributed by atoms with Crippen LogP contribution in [0.3, 0.4) is 0 Å². The van der Waals surface area contributed by atoms with Gasteiger partial charge in [0.1, 0.15) is 17.1 Å². The van der Waals surface area contributed by atoms with Crippen molar-refractivity contribution in [2.75, 3.05) is 19.5 Å². The number of aromatic nitrogens is 1. The van der Waals surface area contributed by atoms with Crippen LogP contribution in [0, 0.1) is 0 Å². The van der Waals surface area contributed by atoms with Crippen molar-refractivity contribution in [2.24, 2.45) is 0 Å². The molecule has 1 N–H and O–H groups in total. The van der Waals surface area contributed by atoms with Gasteiger partial charge in [-0.3, -0.25) is 9.78 Å². The predicted octanol–water partition coefficient (Wildman–Crippen LogP) is 6.71. The van der Waals surface area contributed by atoms with Crippen LogP contribution in [0.5, 0.6) is 11.5 Å². The van der Waals surface area contributed by atoms with E-state index >= 15 is 0 Å². The molecule has 0 aliphatic carbocycles. The highest BCUT2D eigenvalue weighted by molar-refractivity contribution is 6.06. The third-order valence-corrected chi connectivity index (χ3v) is 5.92. The van der Waals surface area contributed by atoms with Crippen molar-refractivity contribution in [3.05, 3.63) is 90.8 Å². The number of rotatable bonds is 6. The molecule has 35 heavy (non-hydrogen) atoms. The standard InChI is InChI=1S/C29H24N2O4/c1-18(12-29(32)31-21-9-10-26-20(13-21)7-5-11-30-26)23-15-24-25(17-35-28(24)16-27(23)34-3)19-6-4-8-22(14-19)33-2/h4-17H,1-3H3,(H,31,32)/b18-12+. The highest BCUT2D eigenvalue weighted by Crippen LogP contribution is 2.38. The Kier molecular flexibility index (Phi) is 5.94. The molecule has 3 aromatic carbocycles. The molecule has 0 bridgehead atoms. The zero-order valence-corrected chi connectivity index (χ0v) is 19.7. The summed E-state index contributed by atoms with van der Waals surface area (Å²) < 4.78 is 16.8. The van der Waals surface area contributed by atoms with Gasteiger partial charge in [0.2, 0.25) is 5.91 Å². The van der Waals surface area contributed by atoms with Crippen LogP contribution in [-0.2, 0) is 4.79 Å². The van der Waals surface area contributed by atoms with E-state index in [4.69, 9.17) is 13.9 Å². The van der Waals surface area contributed by atoms with Gasteiger partial charge in [-0.05, 0) is 60.5 Å². The summed E-state index contributed by atoms with van der Waals surface area (Å²) in [4.78, 5) is 17.1. The molecule has 0 saturated heterocycles. The van der Waals surface area contributed by atoms with Gasteiger partial charge in [-0.25, -0.2) is 0 Å². The first kappa shape index (κ1) is 22.2. The van der Waals surface area contributed by atoms with Crippen LogP contribution in [0.2, 0.25) is 0 Å².